The Morgan fingerprint density at radius 1 is 1.56 bits per heavy atom. The van der Waals surface area contributed by atoms with Crippen molar-refractivity contribution < 1.29 is 9.18 Å². The van der Waals surface area contributed by atoms with Crippen molar-refractivity contribution in [3.63, 3.8) is 0 Å². The average molecular weight is 288 g/mol. The molecule has 4 N–H and O–H groups in total. The van der Waals surface area contributed by atoms with Crippen LogP contribution in [0.1, 0.15) is 6.42 Å². The van der Waals surface area contributed by atoms with Crippen LogP contribution < -0.4 is 16.4 Å². The lowest BCUT2D eigenvalue weighted by atomic mass is 10.2. The Kier molecular flexibility index (Phi) is 3.00. The van der Waals surface area contributed by atoms with E-state index in [4.69, 9.17) is 5.73 Å². The van der Waals surface area contributed by atoms with E-state index in [0.717, 1.165) is 0 Å². The fourth-order valence-corrected chi connectivity index (χ4v) is 1.96. The first-order valence-electron chi connectivity index (χ1n) is 4.84. The lowest BCUT2D eigenvalue weighted by molar-refractivity contribution is -0.119. The van der Waals surface area contributed by atoms with Crippen LogP contribution >= 0.6 is 15.9 Å². The minimum atomic E-state index is -0.399. The molecule has 1 aromatic carbocycles. The van der Waals surface area contributed by atoms with Gasteiger partial charge in [0.1, 0.15) is 5.82 Å². The molecule has 1 amide bonds. The molecule has 1 heterocycles. The van der Waals surface area contributed by atoms with Crippen LogP contribution in [-0.4, -0.2) is 18.5 Å². The zero-order chi connectivity index (χ0) is 11.7. The number of nitrogens with two attached hydrogens (primary N) is 1. The number of nitrogen functional groups attached to an aromatic ring is 1. The van der Waals surface area contributed by atoms with Gasteiger partial charge in [0.2, 0.25) is 5.91 Å². The van der Waals surface area contributed by atoms with E-state index < -0.39 is 5.82 Å². The predicted molar refractivity (Wildman–Crippen MR) is 63.5 cm³/mol. The number of benzene rings is 1. The molecule has 1 aliphatic heterocycles. The Hall–Kier alpha value is -1.30. The maximum atomic E-state index is 13.1. The van der Waals surface area contributed by atoms with Gasteiger partial charge in [-0.25, -0.2) is 4.39 Å². The molecule has 16 heavy (non-hydrogen) atoms. The lowest BCUT2D eigenvalue weighted by Gasteiger charge is -2.14. The summed E-state index contributed by atoms with van der Waals surface area (Å²) in [6.07, 6.45) is 0.411. The molecule has 0 aromatic heterocycles. The number of hydrogen-bond acceptors (Lipinski definition) is 3. The second-order valence-corrected chi connectivity index (χ2v) is 4.56. The minimum Gasteiger partial charge on any atom is -0.397 e. The van der Waals surface area contributed by atoms with E-state index in [1.165, 1.54) is 6.07 Å². The van der Waals surface area contributed by atoms with Crippen LogP contribution in [0.4, 0.5) is 15.8 Å². The highest BCUT2D eigenvalue weighted by Gasteiger charge is 2.21. The third-order valence-corrected chi connectivity index (χ3v) is 3.04. The van der Waals surface area contributed by atoms with Crippen LogP contribution in [0, 0.1) is 5.82 Å². The SMILES string of the molecule is Nc1cc(F)c(Br)cc1NC1CNC(=O)C1. The first-order chi connectivity index (χ1) is 7.56. The zero-order valence-corrected chi connectivity index (χ0v) is 9.97. The van der Waals surface area contributed by atoms with Crippen LogP contribution in [0.25, 0.3) is 0 Å². The molecule has 2 rings (SSSR count). The maximum absolute atomic E-state index is 13.1. The van der Waals surface area contributed by atoms with Crippen LogP contribution in [0.15, 0.2) is 16.6 Å². The van der Waals surface area contributed by atoms with E-state index in [0.29, 0.717) is 28.8 Å². The molecule has 0 radical (unpaired) electrons. The van der Waals surface area contributed by atoms with Crippen molar-refractivity contribution in [2.75, 3.05) is 17.6 Å². The van der Waals surface area contributed by atoms with E-state index in [1.54, 1.807) is 6.07 Å². The molecule has 1 aliphatic rings. The Labute approximate surface area is 101 Å². The Balaban J connectivity index is 2.15. The molecule has 1 fully saturated rings. The molecule has 0 bridgehead atoms. The molecule has 0 aliphatic carbocycles. The quantitative estimate of drug-likeness (QED) is 0.722. The number of nitrogens with one attached hydrogen (secondary N) is 2. The standard InChI is InChI=1S/C10H11BrFN3O/c11-6-2-9(8(13)3-7(6)12)15-5-1-10(16)14-4-5/h2-3,5,15H,1,4,13H2,(H,14,16). The highest BCUT2D eigenvalue weighted by molar-refractivity contribution is 9.10. The molecule has 4 nitrogen and oxygen atoms in total. The highest BCUT2D eigenvalue weighted by atomic mass is 79.9. The lowest BCUT2D eigenvalue weighted by Crippen LogP contribution is -2.22. The zero-order valence-electron chi connectivity index (χ0n) is 8.39. The van der Waals surface area contributed by atoms with E-state index >= 15 is 0 Å². The van der Waals surface area contributed by atoms with Gasteiger partial charge in [-0.1, -0.05) is 0 Å². The highest BCUT2D eigenvalue weighted by Crippen LogP contribution is 2.27. The van der Waals surface area contributed by atoms with Crippen molar-refractivity contribution in [2.45, 2.75) is 12.5 Å². The van der Waals surface area contributed by atoms with Gasteiger partial charge in [-0.15, -0.1) is 0 Å². The van der Waals surface area contributed by atoms with Gasteiger partial charge in [0.25, 0.3) is 0 Å². The van der Waals surface area contributed by atoms with Gasteiger partial charge in [-0.05, 0) is 22.0 Å². The van der Waals surface area contributed by atoms with Crippen LogP contribution in [0.5, 0.6) is 0 Å². The molecule has 0 saturated carbocycles. The van der Waals surface area contributed by atoms with Crippen LogP contribution in [0.2, 0.25) is 0 Å². The van der Waals surface area contributed by atoms with Crippen LogP contribution in [-0.2, 0) is 4.79 Å². The fourth-order valence-electron chi connectivity index (χ4n) is 1.61. The molecule has 1 aromatic rings. The van der Waals surface area contributed by atoms with E-state index in [9.17, 15) is 9.18 Å². The molecule has 1 unspecified atom stereocenters. The molecule has 1 saturated heterocycles. The fraction of sp³-hybridized carbons (Fsp3) is 0.300. The van der Waals surface area contributed by atoms with Crippen LogP contribution in [0.3, 0.4) is 0 Å². The summed E-state index contributed by atoms with van der Waals surface area (Å²) in [4.78, 5) is 11.0. The summed E-state index contributed by atoms with van der Waals surface area (Å²) in [6, 6.07) is 2.83. The van der Waals surface area contributed by atoms with Crippen molar-refractivity contribution in [1.82, 2.24) is 5.32 Å². The van der Waals surface area contributed by atoms with Gasteiger partial charge in [-0.2, -0.15) is 0 Å². The number of rotatable bonds is 2. The third kappa shape index (κ3) is 2.27. The van der Waals surface area contributed by atoms with Gasteiger partial charge in [0.05, 0.1) is 21.9 Å². The maximum Gasteiger partial charge on any atom is 0.222 e. The predicted octanol–water partition coefficient (Wildman–Crippen LogP) is 1.47. The first-order valence-corrected chi connectivity index (χ1v) is 5.63. The summed E-state index contributed by atoms with van der Waals surface area (Å²) in [5, 5.41) is 5.81. The molecule has 0 spiro atoms. The summed E-state index contributed by atoms with van der Waals surface area (Å²) in [7, 11) is 0. The number of carbonyl (C=O) groups excluding carboxylic acids is 1. The van der Waals surface area contributed by atoms with Crippen molar-refractivity contribution in [3.05, 3.63) is 22.4 Å². The van der Waals surface area contributed by atoms with Gasteiger partial charge >= 0.3 is 0 Å². The van der Waals surface area contributed by atoms with E-state index in [2.05, 4.69) is 26.6 Å². The van der Waals surface area contributed by atoms with Gasteiger partial charge < -0.3 is 16.4 Å². The smallest absolute Gasteiger partial charge is 0.222 e. The molecule has 86 valence electrons. The molecule has 6 heteroatoms. The largest absolute Gasteiger partial charge is 0.397 e. The molecular weight excluding hydrogens is 277 g/mol. The first kappa shape index (κ1) is 11.2. The summed E-state index contributed by atoms with van der Waals surface area (Å²) in [5.74, 6) is -0.388. The summed E-state index contributed by atoms with van der Waals surface area (Å²) in [5.41, 5.74) is 6.64. The number of carbonyl (C=O) groups is 1. The Morgan fingerprint density at radius 3 is 2.94 bits per heavy atom. The topological polar surface area (TPSA) is 67.2 Å². The Bertz CT molecular complexity index is 438. The normalized spacial score (nSPS) is 19.6. The number of amides is 1. The van der Waals surface area contributed by atoms with E-state index in [-0.39, 0.29) is 11.9 Å². The Morgan fingerprint density at radius 2 is 2.31 bits per heavy atom. The third-order valence-electron chi connectivity index (χ3n) is 2.43. The summed E-state index contributed by atoms with van der Waals surface area (Å²) in [6.45, 7) is 0.563. The van der Waals surface area contributed by atoms with E-state index in [1.807, 2.05) is 0 Å². The molecule has 1 atom stereocenters. The molecular formula is C10H11BrFN3O. The van der Waals surface area contributed by atoms with Gasteiger partial charge in [-0.3, -0.25) is 4.79 Å². The van der Waals surface area contributed by atoms with Crippen molar-refractivity contribution in [2.24, 2.45) is 0 Å². The van der Waals surface area contributed by atoms with Crippen molar-refractivity contribution >= 4 is 33.2 Å². The van der Waals surface area contributed by atoms with Crippen molar-refractivity contribution in [3.8, 4) is 0 Å². The minimum absolute atomic E-state index is 0.00663. The number of hydrogen-bond donors (Lipinski definition) is 3. The summed E-state index contributed by atoms with van der Waals surface area (Å²) < 4.78 is 13.5. The second-order valence-electron chi connectivity index (χ2n) is 3.70. The monoisotopic (exact) mass is 287 g/mol. The number of halogens is 2. The second kappa shape index (κ2) is 4.29. The van der Waals surface area contributed by atoms with Gasteiger partial charge in [0.15, 0.2) is 0 Å². The van der Waals surface area contributed by atoms with Crippen molar-refractivity contribution in [1.29, 1.82) is 0 Å². The van der Waals surface area contributed by atoms with Gasteiger partial charge in [0, 0.05) is 19.0 Å². The average Bonchev–Trinajstić information content (AvgIpc) is 2.60. The summed E-state index contributed by atoms with van der Waals surface area (Å²) >= 11 is 3.09. The number of anilines is 2.